The molecule has 0 unspecified atom stereocenters. The normalized spacial score (nSPS) is 20.3. The zero-order valence-electron chi connectivity index (χ0n) is 12.1. The van der Waals surface area contributed by atoms with E-state index in [1.807, 2.05) is 0 Å². The smallest absolute Gasteiger partial charge is 0.323 e. The second kappa shape index (κ2) is 5.51. The molecule has 1 aromatic rings. The van der Waals surface area contributed by atoms with Crippen molar-refractivity contribution in [1.29, 1.82) is 0 Å². The number of amidine groups is 1. The Hall–Kier alpha value is -2.24. The molecule has 0 aromatic heterocycles. The van der Waals surface area contributed by atoms with Gasteiger partial charge in [-0.25, -0.2) is 4.39 Å². The monoisotopic (exact) mass is 304 g/mol. The van der Waals surface area contributed by atoms with Gasteiger partial charge in [0.25, 0.3) is 0 Å². The molecular weight excluding hydrogens is 287 g/mol. The predicted molar refractivity (Wildman–Crippen MR) is 78.1 cm³/mol. The van der Waals surface area contributed by atoms with Crippen LogP contribution in [0.4, 0.5) is 4.39 Å². The first-order chi connectivity index (χ1) is 10.5. The molecule has 2 aliphatic rings. The maximum Gasteiger partial charge on any atom is 0.323 e. The van der Waals surface area contributed by atoms with Gasteiger partial charge in [-0.15, -0.1) is 0 Å². The summed E-state index contributed by atoms with van der Waals surface area (Å²) < 4.78 is 13.4. The number of aliphatic imine (C=N–C) groups is 1. The van der Waals surface area contributed by atoms with E-state index in [9.17, 15) is 14.0 Å². The highest BCUT2D eigenvalue weighted by Gasteiger charge is 2.47. The van der Waals surface area contributed by atoms with Crippen molar-refractivity contribution in [2.45, 2.75) is 25.7 Å². The zero-order chi connectivity index (χ0) is 15.7. The quantitative estimate of drug-likeness (QED) is 0.929. The zero-order valence-corrected chi connectivity index (χ0v) is 12.1. The van der Waals surface area contributed by atoms with Gasteiger partial charge in [-0.3, -0.25) is 19.5 Å². The Labute approximate surface area is 127 Å². The Morgan fingerprint density at radius 3 is 2.73 bits per heavy atom. The van der Waals surface area contributed by atoms with Crippen LogP contribution in [0.25, 0.3) is 0 Å². The molecule has 22 heavy (non-hydrogen) atoms. The minimum Gasteiger partial charge on any atom is -0.480 e. The molecular formula is C16H17FN2O3. The molecule has 116 valence electrons. The summed E-state index contributed by atoms with van der Waals surface area (Å²) in [6, 6.07) is 5.73. The number of benzene rings is 1. The Bertz CT molecular complexity index is 651. The van der Waals surface area contributed by atoms with E-state index in [2.05, 4.69) is 4.99 Å². The lowest BCUT2D eigenvalue weighted by molar-refractivity contribution is -0.146. The van der Waals surface area contributed by atoms with Gasteiger partial charge in [0.1, 0.15) is 18.2 Å². The maximum atomic E-state index is 13.4. The lowest BCUT2D eigenvalue weighted by atomic mass is 9.83. The molecule has 1 aliphatic carbocycles. The number of aliphatic carboxylic acids is 1. The first-order valence-electron chi connectivity index (χ1n) is 7.36. The maximum absolute atomic E-state index is 13.4. The van der Waals surface area contributed by atoms with Gasteiger partial charge in [0.2, 0.25) is 5.91 Å². The SMILES string of the molecule is O=C(O)CN1C(=O)C2(CCCC2)CN=C1c1cccc(F)c1. The summed E-state index contributed by atoms with van der Waals surface area (Å²) in [6.07, 6.45) is 3.39. The van der Waals surface area contributed by atoms with Crippen molar-refractivity contribution in [1.82, 2.24) is 4.90 Å². The van der Waals surface area contributed by atoms with Gasteiger partial charge in [0, 0.05) is 5.56 Å². The van der Waals surface area contributed by atoms with Gasteiger partial charge >= 0.3 is 5.97 Å². The number of carboxylic acids is 1. The molecule has 0 atom stereocenters. The minimum absolute atomic E-state index is 0.193. The summed E-state index contributed by atoms with van der Waals surface area (Å²) in [6.45, 7) is -0.0935. The largest absolute Gasteiger partial charge is 0.480 e. The first-order valence-corrected chi connectivity index (χ1v) is 7.36. The molecule has 1 saturated carbocycles. The van der Waals surface area contributed by atoms with E-state index in [1.165, 1.54) is 23.1 Å². The van der Waals surface area contributed by atoms with Crippen LogP contribution < -0.4 is 0 Å². The fourth-order valence-corrected chi connectivity index (χ4v) is 3.34. The molecule has 1 spiro atoms. The van der Waals surface area contributed by atoms with Crippen molar-refractivity contribution in [3.05, 3.63) is 35.6 Å². The Morgan fingerprint density at radius 1 is 1.36 bits per heavy atom. The number of amides is 1. The van der Waals surface area contributed by atoms with Crippen LogP contribution in [0, 0.1) is 11.2 Å². The molecule has 0 radical (unpaired) electrons. The summed E-state index contributed by atoms with van der Waals surface area (Å²) in [5.74, 6) is -1.48. The van der Waals surface area contributed by atoms with Gasteiger partial charge in [0.15, 0.2) is 0 Å². The summed E-state index contributed by atoms with van der Waals surface area (Å²) in [5, 5.41) is 9.11. The number of hydrogen-bond acceptors (Lipinski definition) is 3. The lowest BCUT2D eigenvalue weighted by Gasteiger charge is -2.37. The summed E-state index contributed by atoms with van der Waals surface area (Å²) in [4.78, 5) is 29.6. The molecule has 5 nitrogen and oxygen atoms in total. The average molecular weight is 304 g/mol. The first kappa shape index (κ1) is 14.7. The van der Waals surface area contributed by atoms with Gasteiger partial charge < -0.3 is 5.11 Å². The molecule has 0 bridgehead atoms. The van der Waals surface area contributed by atoms with E-state index < -0.39 is 23.7 Å². The van der Waals surface area contributed by atoms with Crippen molar-refractivity contribution >= 4 is 17.7 Å². The van der Waals surface area contributed by atoms with E-state index in [-0.39, 0.29) is 11.7 Å². The van der Waals surface area contributed by atoms with Gasteiger partial charge in [-0.2, -0.15) is 0 Å². The molecule has 1 amide bonds. The van der Waals surface area contributed by atoms with Crippen LogP contribution in [0.1, 0.15) is 31.2 Å². The minimum atomic E-state index is -1.10. The highest BCUT2D eigenvalue weighted by atomic mass is 19.1. The molecule has 1 N–H and O–H groups in total. The second-order valence-electron chi connectivity index (χ2n) is 5.92. The van der Waals surface area contributed by atoms with E-state index in [1.54, 1.807) is 6.07 Å². The van der Waals surface area contributed by atoms with Crippen molar-refractivity contribution < 1.29 is 19.1 Å². The third kappa shape index (κ3) is 2.49. The van der Waals surface area contributed by atoms with Gasteiger partial charge in [0.05, 0.1) is 12.0 Å². The van der Waals surface area contributed by atoms with E-state index >= 15 is 0 Å². The van der Waals surface area contributed by atoms with Crippen molar-refractivity contribution in [3.63, 3.8) is 0 Å². The number of carbonyl (C=O) groups is 2. The standard InChI is InChI=1S/C16H17FN2O3/c17-12-5-3-4-11(8-12)14-18-10-16(6-1-2-7-16)15(22)19(14)9-13(20)21/h3-5,8H,1-2,6-7,9-10H2,(H,20,21). The average Bonchev–Trinajstić information content (AvgIpc) is 2.94. The summed E-state index contributed by atoms with van der Waals surface area (Å²) >= 11 is 0. The van der Waals surface area contributed by atoms with Crippen LogP contribution in [0.15, 0.2) is 29.3 Å². The second-order valence-corrected chi connectivity index (χ2v) is 5.92. The summed E-state index contributed by atoms with van der Waals surface area (Å²) in [7, 11) is 0. The third-order valence-corrected chi connectivity index (χ3v) is 4.42. The van der Waals surface area contributed by atoms with Crippen LogP contribution in [0.3, 0.4) is 0 Å². The van der Waals surface area contributed by atoms with Gasteiger partial charge in [-0.05, 0) is 25.0 Å². The Kier molecular flexibility index (Phi) is 3.68. The number of carboxylic acid groups (broad SMARTS) is 1. The van der Waals surface area contributed by atoms with Gasteiger partial charge in [-0.1, -0.05) is 25.0 Å². The van der Waals surface area contributed by atoms with Crippen LogP contribution in [-0.4, -0.2) is 40.8 Å². The topological polar surface area (TPSA) is 70.0 Å². The van der Waals surface area contributed by atoms with Crippen LogP contribution in [0.2, 0.25) is 0 Å². The Morgan fingerprint density at radius 2 is 2.09 bits per heavy atom. The molecule has 1 heterocycles. The third-order valence-electron chi connectivity index (χ3n) is 4.42. The molecule has 6 heteroatoms. The predicted octanol–water partition coefficient (Wildman–Crippen LogP) is 2.06. The van der Waals surface area contributed by atoms with Crippen molar-refractivity contribution in [3.8, 4) is 0 Å². The number of carbonyl (C=O) groups excluding carboxylic acids is 1. The highest BCUT2D eigenvalue weighted by molar-refractivity contribution is 6.12. The fourth-order valence-electron chi connectivity index (χ4n) is 3.34. The molecule has 0 saturated heterocycles. The number of hydrogen-bond donors (Lipinski definition) is 1. The highest BCUT2D eigenvalue weighted by Crippen LogP contribution is 2.42. The molecule has 1 aromatic carbocycles. The summed E-state index contributed by atoms with van der Waals surface area (Å²) in [5.41, 5.74) is -0.130. The molecule has 1 aliphatic heterocycles. The molecule has 1 fully saturated rings. The van der Waals surface area contributed by atoms with E-state index in [0.29, 0.717) is 12.1 Å². The number of nitrogens with zero attached hydrogens (tertiary/aromatic N) is 2. The van der Waals surface area contributed by atoms with Crippen molar-refractivity contribution in [2.24, 2.45) is 10.4 Å². The van der Waals surface area contributed by atoms with Crippen LogP contribution >= 0.6 is 0 Å². The lowest BCUT2D eigenvalue weighted by Crippen LogP contribution is -2.53. The van der Waals surface area contributed by atoms with E-state index in [0.717, 1.165) is 25.7 Å². The van der Waals surface area contributed by atoms with Crippen molar-refractivity contribution in [2.75, 3.05) is 13.1 Å². The van der Waals surface area contributed by atoms with E-state index in [4.69, 9.17) is 5.11 Å². The fraction of sp³-hybridized carbons (Fsp3) is 0.438. The number of halogens is 1. The Balaban J connectivity index is 2.01. The molecule has 3 rings (SSSR count). The number of rotatable bonds is 3. The van der Waals surface area contributed by atoms with Crippen LogP contribution in [-0.2, 0) is 9.59 Å². The van der Waals surface area contributed by atoms with Crippen LogP contribution in [0.5, 0.6) is 0 Å².